The molecule has 5 heterocycles. The number of rotatable bonds is 24. The number of nitrogen functional groups attached to an aromatic ring is 1. The molecule has 0 saturated carbocycles. The molecule has 0 radical (unpaired) electrons. The van der Waals surface area contributed by atoms with E-state index in [1.54, 1.807) is 4.98 Å². The zero-order valence-electron chi connectivity index (χ0n) is 53.5. The van der Waals surface area contributed by atoms with E-state index in [1.807, 2.05) is 0 Å². The Hall–Kier alpha value is -10.9. The van der Waals surface area contributed by atoms with Crippen LogP contribution in [0.1, 0.15) is 0 Å². The maximum Gasteiger partial charge on any atom is 0.422 e. The summed E-state index contributed by atoms with van der Waals surface area (Å²) in [6, 6.07) is 2.18. The Morgan fingerprint density at radius 1 is 0.221 bits per heavy atom. The highest BCUT2D eigenvalue weighted by molar-refractivity contribution is 6.15. The lowest BCUT2D eigenvalue weighted by Crippen LogP contribution is -2.25. The summed E-state index contributed by atoms with van der Waals surface area (Å²) in [4.78, 5) is 26.7. The van der Waals surface area contributed by atoms with Gasteiger partial charge in [-0.2, -0.15) is 158 Å². The summed E-state index contributed by atoms with van der Waals surface area (Å²) in [6.45, 7) is -36.9. The van der Waals surface area contributed by atoms with E-state index in [9.17, 15) is 158 Å². The van der Waals surface area contributed by atoms with Gasteiger partial charge in [-0.25, -0.2) is 29.9 Å². The van der Waals surface area contributed by atoms with Gasteiger partial charge in [0.1, 0.15) is 22.6 Å². The van der Waals surface area contributed by atoms with Crippen molar-refractivity contribution in [2.24, 2.45) is 0 Å². The first-order chi connectivity index (χ1) is 51.4. The first kappa shape index (κ1) is 86.1. The minimum absolute atomic E-state index is 0.570. The number of hydrogen-bond donors (Lipinski definition) is 3. The average molecular weight is 1710 g/mol. The van der Waals surface area contributed by atoms with Crippen LogP contribution >= 0.6 is 0 Å². The molecule has 4 aromatic carbocycles. The minimum atomic E-state index is -6.08. The van der Waals surface area contributed by atoms with Gasteiger partial charge in [0, 0.05) is 16.5 Å². The van der Waals surface area contributed by atoms with E-state index in [4.69, 9.17) is 34.2 Å². The van der Waals surface area contributed by atoms with Gasteiger partial charge in [0.2, 0.25) is 34.5 Å². The van der Waals surface area contributed by atoms with Crippen LogP contribution in [0, 0.1) is 0 Å². The van der Waals surface area contributed by atoms with Crippen LogP contribution in [0.4, 0.5) is 164 Å². The number of benzene rings is 4. The zero-order valence-corrected chi connectivity index (χ0v) is 53.5. The summed E-state index contributed by atoms with van der Waals surface area (Å²) >= 11 is 0. The molecule has 21 nitrogen and oxygen atoms in total. The van der Waals surface area contributed by atoms with E-state index in [2.05, 4.69) is 63.3 Å². The lowest BCUT2D eigenvalue weighted by atomic mass is 10.0. The summed E-state index contributed by atoms with van der Waals surface area (Å²) in [5, 5.41) is -5.96. The quantitative estimate of drug-likeness (QED) is 0.0376. The zero-order chi connectivity index (χ0) is 84.5. The van der Waals surface area contributed by atoms with Crippen molar-refractivity contribution in [3.8, 4) is 115 Å². The topological polar surface area (TPSA) is 246 Å². The fraction of sp³-hybridized carbons (Fsp3) is 0.429. The molecule has 0 spiro atoms. The van der Waals surface area contributed by atoms with E-state index in [0.717, 1.165) is 6.07 Å². The number of nitrogens with zero attached hydrogens (tertiary/aromatic N) is 6. The van der Waals surface area contributed by atoms with Crippen LogP contribution in [0.15, 0.2) is 18.2 Å². The van der Waals surface area contributed by atoms with Crippen molar-refractivity contribution in [1.29, 1.82) is 0 Å². The van der Waals surface area contributed by atoms with Gasteiger partial charge < -0.3 is 72.5 Å². The third-order valence-electron chi connectivity index (χ3n) is 13.2. The van der Waals surface area contributed by atoms with Gasteiger partial charge >= 0.3 is 74.1 Å². The molecule has 3 aromatic heterocycles. The molecule has 0 fully saturated rings. The molecule has 57 heteroatoms. The van der Waals surface area contributed by atoms with Crippen molar-refractivity contribution in [2.45, 2.75) is 74.1 Å². The first-order valence-electron chi connectivity index (χ1n) is 29.2. The third kappa shape index (κ3) is 22.5. The van der Waals surface area contributed by atoms with E-state index >= 15 is 0 Å². The molecule has 624 valence electrons. The monoisotopic (exact) mass is 1710 g/mol. The van der Waals surface area contributed by atoms with E-state index in [1.165, 1.54) is 0 Å². The Kier molecular flexibility index (Phi) is 23.0. The van der Waals surface area contributed by atoms with Gasteiger partial charge in [-0.15, -0.1) is 0 Å². The number of hydrogen-bond acceptors (Lipinski definition) is 19. The molecule has 7 aromatic rings. The normalized spacial score (nSPS) is 13.6. The van der Waals surface area contributed by atoms with Crippen LogP contribution in [0.25, 0.3) is 89.7 Å². The standard InChI is InChI=1S/C56H31F36N9O12/c57-45(58,59)4-102-25-19-21(27(104-6-47(63,64)65)33(110-12-53(81,82)83)31(25)108-10-51(75,76)77)41-97-39(19)95-37-17-2-1-16(93)3-18(17)38(94-37)96-40-20-22(28(105-7-48(66,67)68)34(111-13-54(84,85)86)32(109-11-52(78,79)80)26(20)103-5-46(60,61)62)42(98-40)100-44-24-23(43(99-41)101-44)29(106-8-49(69,70)71)35(112-14-55(87,88)89)36(113-15-56(90,91)92)30(24)107-9-50(72,73)74/h1-3H,4-15,93H2,(H2,94,95,96,97,98,99,100,101). The average Bonchev–Trinajstić information content (AvgIpc) is 1.59. The number of aromatic amines is 2. The number of aromatic nitrogens is 8. The van der Waals surface area contributed by atoms with Crippen LogP contribution < -0.4 is 62.6 Å². The van der Waals surface area contributed by atoms with Crippen LogP contribution in [-0.4, -0.2) is 193 Å². The number of alkyl halides is 36. The first-order valence-corrected chi connectivity index (χ1v) is 29.2. The van der Waals surface area contributed by atoms with E-state index in [-0.39, 0.29) is 0 Å². The number of fused-ring (bicyclic) bond motifs is 20. The fourth-order valence-corrected chi connectivity index (χ4v) is 9.71. The van der Waals surface area contributed by atoms with Crippen molar-refractivity contribution < 1.29 is 215 Å². The highest BCUT2D eigenvalue weighted by Gasteiger charge is 2.48. The predicted octanol–water partition coefficient (Wildman–Crippen LogP) is 17.7. The maximum atomic E-state index is 14.7. The van der Waals surface area contributed by atoms with Gasteiger partial charge in [-0.05, 0) is 18.2 Å². The van der Waals surface area contributed by atoms with E-state index < -0.39 is 318 Å². The van der Waals surface area contributed by atoms with Crippen molar-refractivity contribution in [3.63, 3.8) is 0 Å². The molecule has 8 bridgehead atoms. The summed E-state index contributed by atoms with van der Waals surface area (Å²) in [5.74, 6) is -36.8. The molecular formula is C56H31F36N9O12. The molecular weight excluding hydrogens is 1670 g/mol. The smallest absolute Gasteiger partial charge is 0.422 e. The number of nitrogens with two attached hydrogens (primary N) is 1. The van der Waals surface area contributed by atoms with Gasteiger partial charge in [-0.1, -0.05) is 0 Å². The van der Waals surface area contributed by atoms with Gasteiger partial charge in [0.15, 0.2) is 137 Å². The highest BCUT2D eigenvalue weighted by Crippen LogP contribution is 2.62. The Labute approximate surface area is 596 Å². The second kappa shape index (κ2) is 30.2. The van der Waals surface area contributed by atoms with Crippen molar-refractivity contribution in [2.75, 3.05) is 85.0 Å². The van der Waals surface area contributed by atoms with Crippen LogP contribution in [0.5, 0.6) is 69.0 Å². The Morgan fingerprint density at radius 2 is 0.398 bits per heavy atom. The van der Waals surface area contributed by atoms with Gasteiger partial charge in [0.05, 0.1) is 33.0 Å². The molecule has 0 atom stereocenters. The lowest BCUT2D eigenvalue weighted by Gasteiger charge is -2.24. The molecule has 4 N–H and O–H groups in total. The van der Waals surface area contributed by atoms with Crippen LogP contribution in [0.2, 0.25) is 0 Å². The number of anilines is 1. The predicted molar refractivity (Wildman–Crippen MR) is 299 cm³/mol. The Bertz CT molecular complexity index is 4880. The number of ether oxygens (including phenoxy) is 12. The molecule has 0 amide bonds. The minimum Gasteiger partial charge on any atom is -0.479 e. The van der Waals surface area contributed by atoms with Crippen molar-refractivity contribution >= 4 is 49.8 Å². The van der Waals surface area contributed by atoms with Crippen LogP contribution in [-0.2, 0) is 0 Å². The fourth-order valence-electron chi connectivity index (χ4n) is 9.71. The summed E-state index contributed by atoms with van der Waals surface area (Å²) in [5.41, 5.74) is -9.19. The molecule has 2 aliphatic rings. The number of halogens is 36. The van der Waals surface area contributed by atoms with Crippen LogP contribution in [0.3, 0.4) is 0 Å². The van der Waals surface area contributed by atoms with Crippen molar-refractivity contribution in [1.82, 2.24) is 39.9 Å². The second-order valence-corrected chi connectivity index (χ2v) is 22.5. The third-order valence-corrected chi connectivity index (χ3v) is 13.2. The maximum absolute atomic E-state index is 14.7. The van der Waals surface area contributed by atoms with E-state index in [0.29, 0.717) is 12.1 Å². The number of nitrogens with one attached hydrogen (secondary N) is 2. The molecule has 113 heavy (non-hydrogen) atoms. The lowest BCUT2D eigenvalue weighted by molar-refractivity contribution is -0.162. The molecule has 0 aliphatic carbocycles. The SMILES string of the molecule is Nc1ccc2c3nc4nc(nc5[nH]c(nc6nc(nc([nH]3)c2c1)-c1c(OCC(F)(F)F)c(OCC(F)(F)F)c(OCC(F)(F)F)c(OCC(F)(F)F)c1-6)c1c(OCC(F)(F)F)c(OCC(F)(F)F)c(OCC(F)(F)F)c(OCC(F)(F)F)c51)-c1c(OCC(F)(F)F)c(OCC(F)(F)F)c(OCC(F)(F)F)c(OCC(F)(F)F)c1-4. The van der Waals surface area contributed by atoms with Gasteiger partial charge in [0.25, 0.3) is 0 Å². The summed E-state index contributed by atoms with van der Waals surface area (Å²) in [6.07, 6.45) is -71.7. The Balaban J connectivity index is 1.73. The Morgan fingerprint density at radius 3 is 0.619 bits per heavy atom. The number of H-pyrrole nitrogens is 2. The summed E-state index contributed by atoms with van der Waals surface area (Å²) < 4.78 is 576. The second-order valence-electron chi connectivity index (χ2n) is 22.5. The molecule has 0 saturated heterocycles. The molecule has 9 rings (SSSR count). The van der Waals surface area contributed by atoms with Crippen molar-refractivity contribution in [3.05, 3.63) is 18.2 Å². The highest BCUT2D eigenvalue weighted by atomic mass is 19.5. The molecule has 2 aliphatic heterocycles. The van der Waals surface area contributed by atoms with Gasteiger partial charge in [-0.3, -0.25) is 0 Å². The largest absolute Gasteiger partial charge is 0.479 e. The summed E-state index contributed by atoms with van der Waals surface area (Å²) in [7, 11) is 0. The molecule has 0 unspecified atom stereocenters.